The third-order valence-corrected chi connectivity index (χ3v) is 2.56. The van der Waals surface area contributed by atoms with E-state index in [1.165, 1.54) is 19.4 Å². The van der Waals surface area contributed by atoms with Crippen LogP contribution in [0.3, 0.4) is 0 Å². The van der Waals surface area contributed by atoms with Gasteiger partial charge in [0.05, 0.1) is 0 Å². The Labute approximate surface area is 57.0 Å². The number of rotatable bonds is 0. The predicted octanol–water partition coefficient (Wildman–Crippen LogP) is 1.63. The second-order valence-corrected chi connectivity index (χ2v) is 4.48. The van der Waals surface area contributed by atoms with Gasteiger partial charge >= 0.3 is 0 Å². The fraction of sp³-hybridized carbons (Fsp3) is 1.00. The predicted molar refractivity (Wildman–Crippen MR) is 38.4 cm³/mol. The summed E-state index contributed by atoms with van der Waals surface area (Å²) in [7, 11) is 0. The van der Waals surface area contributed by atoms with Crippen LogP contribution >= 0.6 is 0 Å². The van der Waals surface area contributed by atoms with Crippen LogP contribution in [0.15, 0.2) is 0 Å². The van der Waals surface area contributed by atoms with E-state index >= 15 is 0 Å². The maximum Gasteiger partial charge on any atom is 0.0344 e. The van der Waals surface area contributed by atoms with Gasteiger partial charge in [-0.05, 0) is 33.6 Å². The van der Waals surface area contributed by atoms with Crippen molar-refractivity contribution in [3.8, 4) is 0 Å². The summed E-state index contributed by atoms with van der Waals surface area (Å²) in [5.41, 5.74) is 1.18. The molecule has 0 radical (unpaired) electrons. The molecule has 1 saturated heterocycles. The lowest BCUT2D eigenvalue weighted by Crippen LogP contribution is -2.27. The van der Waals surface area contributed by atoms with Gasteiger partial charge in [-0.25, -0.2) is 0 Å². The Morgan fingerprint density at radius 1 is 1.22 bits per heavy atom. The zero-order chi connectivity index (χ0) is 6.70. The highest BCUT2D eigenvalue weighted by Crippen LogP contribution is 2.57. The highest BCUT2D eigenvalue weighted by Gasteiger charge is 2.64. The van der Waals surface area contributed by atoms with Crippen molar-refractivity contribution in [3.63, 3.8) is 0 Å². The van der Waals surface area contributed by atoms with Crippen molar-refractivity contribution in [2.45, 2.75) is 44.7 Å². The molecule has 2 aliphatic rings. The molecule has 0 aromatic carbocycles. The Balaban J connectivity index is 2.04. The first-order chi connectivity index (χ1) is 4.05. The molecule has 0 N–H and O–H groups in total. The van der Waals surface area contributed by atoms with E-state index in [1.807, 2.05) is 0 Å². The van der Waals surface area contributed by atoms with Crippen LogP contribution in [0.4, 0.5) is 0 Å². The Morgan fingerprint density at radius 2 is 1.78 bits per heavy atom. The average Bonchev–Trinajstić information content (AvgIpc) is 2.46. The van der Waals surface area contributed by atoms with Crippen LogP contribution in [-0.2, 0) is 0 Å². The Kier molecular flexibility index (Phi) is 0.760. The van der Waals surface area contributed by atoms with E-state index in [0.717, 1.165) is 5.54 Å². The first-order valence-electron chi connectivity index (χ1n) is 3.82. The van der Waals surface area contributed by atoms with Crippen molar-refractivity contribution in [3.05, 3.63) is 0 Å². The van der Waals surface area contributed by atoms with Crippen LogP contribution in [0.5, 0.6) is 0 Å². The highest BCUT2D eigenvalue weighted by atomic mass is 15.4. The maximum absolute atomic E-state index is 2.61. The molecule has 1 unspecified atom stereocenters. The summed E-state index contributed by atoms with van der Waals surface area (Å²) in [4.78, 5) is 2.61. The van der Waals surface area contributed by atoms with Crippen LogP contribution in [-0.4, -0.2) is 22.5 Å². The summed E-state index contributed by atoms with van der Waals surface area (Å²) in [5, 5.41) is 0. The molecule has 1 nitrogen and oxygen atoms in total. The first kappa shape index (κ1) is 5.72. The molecule has 0 aromatic heterocycles. The average molecular weight is 125 g/mol. The quantitative estimate of drug-likeness (QED) is 0.445. The van der Waals surface area contributed by atoms with E-state index in [1.54, 1.807) is 0 Å². The van der Waals surface area contributed by atoms with Crippen molar-refractivity contribution in [2.24, 2.45) is 0 Å². The topological polar surface area (TPSA) is 3.01 Å². The molecule has 1 aliphatic heterocycles. The van der Waals surface area contributed by atoms with Crippen molar-refractivity contribution in [1.82, 2.24) is 4.90 Å². The second kappa shape index (κ2) is 1.20. The lowest BCUT2D eigenvalue weighted by Gasteiger charge is -2.20. The van der Waals surface area contributed by atoms with Crippen molar-refractivity contribution >= 4 is 0 Å². The molecule has 1 saturated carbocycles. The van der Waals surface area contributed by atoms with Gasteiger partial charge in [-0.3, -0.25) is 4.90 Å². The zero-order valence-corrected chi connectivity index (χ0v) is 6.57. The largest absolute Gasteiger partial charge is 0.290 e. The minimum absolute atomic E-state index is 0.441. The molecule has 1 aliphatic carbocycles. The highest BCUT2D eigenvalue weighted by molar-refractivity contribution is 5.21. The van der Waals surface area contributed by atoms with E-state index in [9.17, 15) is 0 Å². The van der Waals surface area contributed by atoms with Crippen LogP contribution in [0.2, 0.25) is 0 Å². The number of hydrogen-bond donors (Lipinski definition) is 0. The number of hydrogen-bond acceptors (Lipinski definition) is 1. The Hall–Kier alpha value is -0.0400. The summed E-state index contributed by atoms with van der Waals surface area (Å²) in [6.07, 6.45) is 2.93. The third kappa shape index (κ3) is 0.710. The van der Waals surface area contributed by atoms with Gasteiger partial charge in [-0.15, -0.1) is 0 Å². The van der Waals surface area contributed by atoms with Gasteiger partial charge in [0.15, 0.2) is 0 Å². The summed E-state index contributed by atoms with van der Waals surface area (Å²) in [6, 6.07) is 0. The molecule has 2 rings (SSSR count). The molecule has 9 heavy (non-hydrogen) atoms. The smallest absolute Gasteiger partial charge is 0.0344 e. The van der Waals surface area contributed by atoms with Gasteiger partial charge in [-0.1, -0.05) is 0 Å². The number of nitrogens with zero attached hydrogens (tertiary/aromatic N) is 1. The molecular weight excluding hydrogens is 110 g/mol. The van der Waals surface area contributed by atoms with E-state index in [0.29, 0.717) is 5.54 Å². The fourth-order valence-corrected chi connectivity index (χ4v) is 1.78. The minimum Gasteiger partial charge on any atom is -0.290 e. The van der Waals surface area contributed by atoms with Crippen LogP contribution < -0.4 is 0 Å². The lowest BCUT2D eigenvalue weighted by molar-refractivity contribution is 0.281. The van der Waals surface area contributed by atoms with E-state index in [2.05, 4.69) is 25.7 Å². The third-order valence-electron chi connectivity index (χ3n) is 2.56. The van der Waals surface area contributed by atoms with Crippen molar-refractivity contribution < 1.29 is 0 Å². The molecule has 52 valence electrons. The summed E-state index contributed by atoms with van der Waals surface area (Å²) < 4.78 is 0. The molecule has 1 heterocycles. The van der Waals surface area contributed by atoms with Gasteiger partial charge in [0.1, 0.15) is 0 Å². The first-order valence-corrected chi connectivity index (χ1v) is 3.82. The normalized spacial score (nSPS) is 37.0. The Morgan fingerprint density at radius 3 is 1.89 bits per heavy atom. The summed E-state index contributed by atoms with van der Waals surface area (Å²) in [6.45, 7) is 8.29. The molecule has 1 heteroatoms. The van der Waals surface area contributed by atoms with Gasteiger partial charge in [-0.2, -0.15) is 0 Å². The van der Waals surface area contributed by atoms with Crippen molar-refractivity contribution in [1.29, 1.82) is 0 Å². The van der Waals surface area contributed by atoms with Gasteiger partial charge < -0.3 is 0 Å². The second-order valence-electron chi connectivity index (χ2n) is 4.48. The zero-order valence-electron chi connectivity index (χ0n) is 6.57. The van der Waals surface area contributed by atoms with Gasteiger partial charge in [0.25, 0.3) is 0 Å². The van der Waals surface area contributed by atoms with E-state index < -0.39 is 0 Å². The summed E-state index contributed by atoms with van der Waals surface area (Å²) in [5.74, 6) is 0. The molecular formula is C8H15N. The van der Waals surface area contributed by atoms with E-state index in [-0.39, 0.29) is 0 Å². The molecule has 0 bridgehead atoms. The molecule has 0 aromatic rings. The minimum atomic E-state index is 0.441. The van der Waals surface area contributed by atoms with Gasteiger partial charge in [0, 0.05) is 17.6 Å². The molecule has 2 fully saturated rings. The molecule has 0 amide bonds. The molecule has 1 atom stereocenters. The lowest BCUT2D eigenvalue weighted by atomic mass is 10.1. The monoisotopic (exact) mass is 125 g/mol. The van der Waals surface area contributed by atoms with Crippen LogP contribution in [0.1, 0.15) is 33.6 Å². The van der Waals surface area contributed by atoms with Crippen LogP contribution in [0, 0.1) is 0 Å². The maximum atomic E-state index is 2.61. The standard InChI is InChI=1S/C8H15N/c1-7(2,3)9-6-8(9)4-5-8/h4-6H2,1-3H3. The molecule has 1 spiro atoms. The SMILES string of the molecule is CC(C)(C)N1CC12CC2. The summed E-state index contributed by atoms with van der Waals surface area (Å²) >= 11 is 0. The van der Waals surface area contributed by atoms with Crippen LogP contribution in [0.25, 0.3) is 0 Å². The van der Waals surface area contributed by atoms with E-state index in [4.69, 9.17) is 0 Å². The van der Waals surface area contributed by atoms with Crippen molar-refractivity contribution in [2.75, 3.05) is 6.54 Å². The van der Waals surface area contributed by atoms with Gasteiger partial charge in [0.2, 0.25) is 0 Å². The Bertz CT molecular complexity index is 139. The fourth-order valence-electron chi connectivity index (χ4n) is 1.78.